The van der Waals surface area contributed by atoms with Crippen LogP contribution in [0.2, 0.25) is 0 Å². The number of hydrogen-bond donors (Lipinski definition) is 9. The van der Waals surface area contributed by atoms with Crippen LogP contribution in [-0.2, 0) is 38.4 Å². The SMILES string of the molecule is CC(C)C1CCC(C(=O)Nc2ccncc2)CC1.CN(C)CCOc1cc(-c2cn[nH]c2)ccc1CC(=O)C1COc2ccccc2O1.C[C@@H](N)c1ccc(C(=O)Nc2ccnc3[nH]ccc23)cc1.Cc1c[nH]c2ncnc(N3CCC(CN)(C(=O)Nc4cccc(OC(=O)N(C)C)c4)CC3)c12.Cc1cccc(CCC(=O)Cc2nc(-c3ccncc3)cs2)c1.O=C1CC=Cc2cc(OC3CCNCC3)ccc21. The summed E-state index contributed by atoms with van der Waals surface area (Å²) in [5.41, 5.74) is 26.6. The Morgan fingerprint density at radius 1 is 0.699 bits per heavy atom. The third-order valence-electron chi connectivity index (χ3n) is 25.7. The van der Waals surface area contributed by atoms with Crippen molar-refractivity contribution in [2.45, 2.75) is 136 Å². The third-order valence-corrected chi connectivity index (χ3v) is 26.6. The number of likely N-dealkylation sites (N-methyl/N-ethyl adjacent to an activating group) is 1. The number of aromatic amines is 3. The van der Waals surface area contributed by atoms with Gasteiger partial charge < -0.3 is 81.1 Å². The first kappa shape index (κ1) is 104. The number of nitrogens with two attached hydrogens (primary N) is 2. The van der Waals surface area contributed by atoms with Gasteiger partial charge in [-0.25, -0.2) is 24.7 Å². The number of piperidine rings is 2. The maximum Gasteiger partial charge on any atom is 0.414 e. The van der Waals surface area contributed by atoms with Crippen molar-refractivity contribution < 1.29 is 57.2 Å². The van der Waals surface area contributed by atoms with Gasteiger partial charge in [-0.1, -0.05) is 98.3 Å². The average Bonchev–Trinajstić information content (AvgIpc) is 1.73. The van der Waals surface area contributed by atoms with Gasteiger partial charge in [-0.2, -0.15) is 5.10 Å². The smallest absolute Gasteiger partial charge is 0.414 e. The molecule has 4 amide bonds. The van der Waals surface area contributed by atoms with E-state index in [0.29, 0.717) is 92.2 Å². The quantitative estimate of drug-likeness (QED) is 0.0231. The number of para-hydroxylation sites is 2. The van der Waals surface area contributed by atoms with Crippen molar-refractivity contribution in [2.24, 2.45) is 34.6 Å². The van der Waals surface area contributed by atoms with Gasteiger partial charge in [-0.15, -0.1) is 11.3 Å². The highest BCUT2D eigenvalue weighted by Gasteiger charge is 2.42. The Morgan fingerprint density at radius 2 is 1.45 bits per heavy atom. The van der Waals surface area contributed by atoms with Crippen LogP contribution in [0, 0.1) is 37.0 Å². The minimum atomic E-state index is -0.688. The lowest BCUT2D eigenvalue weighted by atomic mass is 9.76. The minimum Gasteiger partial charge on any atom is -0.492 e. The maximum atomic E-state index is 13.3. The highest BCUT2D eigenvalue weighted by Crippen LogP contribution is 2.40. The zero-order chi connectivity index (χ0) is 101. The van der Waals surface area contributed by atoms with E-state index in [9.17, 15) is 33.6 Å². The molecule has 0 spiro atoms. The average molecular weight is 1950 g/mol. The van der Waals surface area contributed by atoms with Gasteiger partial charge in [0, 0.05) is 177 Å². The summed E-state index contributed by atoms with van der Waals surface area (Å²) in [6, 6.07) is 52.6. The largest absolute Gasteiger partial charge is 0.492 e. The molecule has 5 aliphatic rings. The molecular formula is C111H127N19O12S. The Bertz CT molecular complexity index is 6600. The van der Waals surface area contributed by atoms with Crippen LogP contribution in [0.3, 0.4) is 0 Å². The molecule has 6 aromatic carbocycles. The summed E-state index contributed by atoms with van der Waals surface area (Å²) in [5, 5.41) is 23.8. The van der Waals surface area contributed by atoms with Crippen LogP contribution in [0.25, 0.3) is 50.5 Å². The van der Waals surface area contributed by atoms with Crippen LogP contribution in [0.5, 0.6) is 28.7 Å². The molecule has 11 N–H and O–H groups in total. The summed E-state index contributed by atoms with van der Waals surface area (Å²) < 4.78 is 28.8. The number of ether oxygens (including phenoxy) is 5. The number of aromatic nitrogens is 10. The van der Waals surface area contributed by atoms with Gasteiger partial charge >= 0.3 is 6.09 Å². The number of nitrogens with zero attached hydrogens (tertiary/aromatic N) is 10. The number of H-pyrrole nitrogens is 3. The molecule has 19 rings (SSSR count). The minimum absolute atomic E-state index is 0.0400. The predicted molar refractivity (Wildman–Crippen MR) is 560 cm³/mol. The normalized spacial score (nSPS) is 15.7. The topological polar surface area (TPSA) is 413 Å². The highest BCUT2D eigenvalue weighted by atomic mass is 32.1. The van der Waals surface area contributed by atoms with E-state index in [-0.39, 0.29) is 66.6 Å². The van der Waals surface area contributed by atoms with Crippen molar-refractivity contribution in [1.29, 1.82) is 0 Å². The maximum absolute atomic E-state index is 13.3. The molecule has 1 unspecified atom stereocenters. The number of hydrogen-bond acceptors (Lipinski definition) is 25. The first-order valence-electron chi connectivity index (χ1n) is 48.6. The van der Waals surface area contributed by atoms with Gasteiger partial charge in [0.05, 0.1) is 34.8 Å². The summed E-state index contributed by atoms with van der Waals surface area (Å²) in [4.78, 5) is 124. The molecule has 3 aliphatic heterocycles. The van der Waals surface area contributed by atoms with Gasteiger partial charge in [0.15, 0.2) is 29.2 Å². The Morgan fingerprint density at radius 3 is 2.17 bits per heavy atom. The molecule has 3 fully saturated rings. The van der Waals surface area contributed by atoms with E-state index < -0.39 is 17.6 Å². The summed E-state index contributed by atoms with van der Waals surface area (Å²) in [7, 11) is 7.20. The molecular weight excluding hydrogens is 1820 g/mol. The molecule has 14 aromatic rings. The zero-order valence-electron chi connectivity index (χ0n) is 82.4. The van der Waals surface area contributed by atoms with Crippen molar-refractivity contribution in [2.75, 3.05) is 102 Å². The Labute approximate surface area is 837 Å². The number of pyridine rings is 3. The molecule has 0 bridgehead atoms. The van der Waals surface area contributed by atoms with Gasteiger partial charge in [0.2, 0.25) is 11.8 Å². The van der Waals surface area contributed by atoms with Gasteiger partial charge in [0.1, 0.15) is 70.8 Å². The Kier molecular flexibility index (Phi) is 37.0. The monoisotopic (exact) mass is 1950 g/mol. The second-order valence-electron chi connectivity index (χ2n) is 37.0. The molecule has 2 saturated heterocycles. The van der Waals surface area contributed by atoms with E-state index in [4.69, 9.17) is 35.2 Å². The van der Waals surface area contributed by atoms with E-state index in [0.717, 1.165) is 164 Å². The standard InChI is InChI=1S/C23H29N7O3.C23H25N3O4.C19H18N2OS.C16H16N4O.C15H22N2O.C15H17NO2/c1-15-12-25-19-18(15)20(27-14-26-19)30-9-7-23(13-24,8-10-30)21(31)28-16-5-4-6-17(11-16)33-22(32)29(2)3;1-26(2)9-10-28-22-12-16(18-13-24-25-14-18)7-8-17(22)11-19(27)23-15-29-20-5-3-4-6-21(20)30-23;1-14-3-2-4-15(11-14)5-6-17(22)12-19-21-18(13-23-19)16-7-9-20-10-8-16;1-10(17)11-2-4-12(5-3-11)16(21)20-14-7-9-19-15-13(14)6-8-18-15;1-11(2)12-3-5-13(6-4-12)15(18)17-14-7-9-16-10-8-14;17-15-3-1-2-11-10-13(4-5-14(11)15)18-12-6-8-16-9-7-12/h4-6,11-12,14H,7-10,13,24H2,1-3H3,(H,28,31)(H,25,26,27);3-8,12-14,23H,9-11,15H2,1-2H3,(H,24,25);2-4,7-11,13H,5-6,12H2,1H3;2-10H,17H2,1H3,(H2,18,19,20,21);7-13H,3-6H2,1-2H3,(H,16,17,18);1-2,4-5,10,12,16H,3,6-9H2/t;;;10-;;/m...1../s1. The van der Waals surface area contributed by atoms with Crippen LogP contribution in [0.15, 0.2) is 243 Å². The fourth-order valence-electron chi connectivity index (χ4n) is 17.2. The molecule has 31 nitrogen and oxygen atoms in total. The molecule has 8 aromatic heterocycles. The van der Waals surface area contributed by atoms with E-state index in [1.807, 2.05) is 167 Å². The molecule has 32 heteroatoms. The fraction of sp³-hybridized carbons (Fsp3) is 0.333. The lowest BCUT2D eigenvalue weighted by Gasteiger charge is -2.40. The molecule has 744 valence electrons. The second kappa shape index (κ2) is 50.9. The van der Waals surface area contributed by atoms with Crippen molar-refractivity contribution in [1.82, 2.24) is 65.2 Å². The summed E-state index contributed by atoms with van der Waals surface area (Å²) in [5.74, 6) is 6.07. The van der Waals surface area contributed by atoms with Crippen LogP contribution >= 0.6 is 11.3 Å². The third kappa shape index (κ3) is 29.4. The van der Waals surface area contributed by atoms with E-state index in [1.165, 1.54) is 28.9 Å². The fourth-order valence-corrected chi connectivity index (χ4v) is 18.1. The number of nitrogens with one attached hydrogen (secondary N) is 7. The number of allylic oxidation sites excluding steroid dienone is 1. The molecule has 0 radical (unpaired) electrons. The number of Topliss-reactive ketones (excluding diaryl/α,β-unsaturated/α-hetero) is 3. The summed E-state index contributed by atoms with van der Waals surface area (Å²) >= 11 is 1.54. The molecule has 2 atom stereocenters. The number of carbonyl (C=O) groups is 7. The van der Waals surface area contributed by atoms with Crippen LogP contribution in [0.4, 0.5) is 27.7 Å². The van der Waals surface area contributed by atoms with Crippen LogP contribution < -0.4 is 61.3 Å². The number of anilines is 4. The number of aryl methyl sites for hydroxylation is 3. The van der Waals surface area contributed by atoms with Gasteiger partial charge in [0.25, 0.3) is 5.91 Å². The number of fused-ring (bicyclic) bond motifs is 4. The van der Waals surface area contributed by atoms with Gasteiger partial charge in [-0.05, 0) is 242 Å². The van der Waals surface area contributed by atoms with Crippen molar-refractivity contribution in [3.8, 4) is 51.1 Å². The van der Waals surface area contributed by atoms with Crippen molar-refractivity contribution >= 4 is 104 Å². The number of carbonyl (C=O) groups excluding carboxylic acids is 7. The number of benzene rings is 6. The first-order chi connectivity index (χ1) is 69.3. The molecule has 2 aliphatic carbocycles. The lowest BCUT2D eigenvalue weighted by molar-refractivity contribution is -0.127. The second-order valence-corrected chi connectivity index (χ2v) is 38.0. The Balaban J connectivity index is 0.000000138. The van der Waals surface area contributed by atoms with Crippen LogP contribution in [0.1, 0.15) is 150 Å². The summed E-state index contributed by atoms with van der Waals surface area (Å²) in [6.45, 7) is 15.7. The van der Waals surface area contributed by atoms with Crippen LogP contribution in [-0.4, -0.2) is 194 Å². The zero-order valence-corrected chi connectivity index (χ0v) is 83.2. The van der Waals surface area contributed by atoms with E-state index in [1.54, 1.807) is 118 Å². The first-order valence-corrected chi connectivity index (χ1v) is 49.4. The number of amides is 4. The number of rotatable bonds is 27. The van der Waals surface area contributed by atoms with E-state index in [2.05, 4.69) is 120 Å². The van der Waals surface area contributed by atoms with E-state index >= 15 is 0 Å². The molecule has 1 saturated carbocycles. The van der Waals surface area contributed by atoms with Crippen molar-refractivity contribution in [3.63, 3.8) is 0 Å². The van der Waals surface area contributed by atoms with Gasteiger partial charge in [-0.3, -0.25) is 43.8 Å². The summed E-state index contributed by atoms with van der Waals surface area (Å²) in [6.07, 6.45) is 30.7. The number of thiazole rings is 1. The Hall–Kier alpha value is -15.0. The number of ketones is 3. The predicted octanol–water partition coefficient (Wildman–Crippen LogP) is 18.5. The van der Waals surface area contributed by atoms with Crippen molar-refractivity contribution in [3.05, 3.63) is 293 Å². The molecule has 11 heterocycles. The molecule has 143 heavy (non-hydrogen) atoms. The highest BCUT2D eigenvalue weighted by molar-refractivity contribution is 7.10. The lowest BCUT2D eigenvalue weighted by Crippen LogP contribution is -2.50.